The van der Waals surface area contributed by atoms with Gasteiger partial charge in [-0.1, -0.05) is 364 Å². The van der Waals surface area contributed by atoms with Crippen molar-refractivity contribution in [2.75, 3.05) is 13.2 Å². The fourth-order valence-corrected chi connectivity index (χ4v) is 12.0. The lowest BCUT2D eigenvalue weighted by Crippen LogP contribution is -2.45. The zero-order chi connectivity index (χ0) is 61.3. The van der Waals surface area contributed by atoms with Crippen molar-refractivity contribution in [1.82, 2.24) is 5.32 Å². The maximum absolute atomic E-state index is 12.5. The Morgan fingerprint density at radius 2 is 0.588 bits per heavy atom. The van der Waals surface area contributed by atoms with Crippen LogP contribution >= 0.6 is 0 Å². The average Bonchev–Trinajstić information content (AvgIpc) is 3.51. The van der Waals surface area contributed by atoms with Crippen molar-refractivity contribution in [2.24, 2.45) is 0 Å². The van der Waals surface area contributed by atoms with Gasteiger partial charge in [0.1, 0.15) is 0 Å². The Bertz CT molecular complexity index is 1420. The van der Waals surface area contributed by atoms with Gasteiger partial charge in [-0.05, 0) is 89.9 Å². The van der Waals surface area contributed by atoms with E-state index >= 15 is 0 Å². The minimum Gasteiger partial charge on any atom is -0.466 e. The van der Waals surface area contributed by atoms with E-state index in [-0.39, 0.29) is 18.5 Å². The SMILES string of the molecule is CCCCCCCC/C=C\CCCCCCCC(=O)OCCCCCCCCCCC/C=C\C/C=C\CCCCCCCCCCCCCCCC(=O)NC(CO)C(O)/C=C/CCCCCCCCCCCCCCCCCCCCCCCC. The fraction of sp³-hybridized carbons (Fsp3) is 0.873. The molecule has 500 valence electrons. The van der Waals surface area contributed by atoms with Gasteiger partial charge in [-0.15, -0.1) is 0 Å². The summed E-state index contributed by atoms with van der Waals surface area (Å²) in [6.45, 7) is 4.93. The Kier molecular flexibility index (Phi) is 72.4. The summed E-state index contributed by atoms with van der Waals surface area (Å²) in [6.07, 6.45) is 97.9. The van der Waals surface area contributed by atoms with Crippen LogP contribution in [0.15, 0.2) is 48.6 Å². The van der Waals surface area contributed by atoms with Crippen LogP contribution in [0.2, 0.25) is 0 Å². The molecule has 0 bridgehead atoms. The molecule has 85 heavy (non-hydrogen) atoms. The summed E-state index contributed by atoms with van der Waals surface area (Å²) >= 11 is 0. The molecule has 0 saturated heterocycles. The lowest BCUT2D eigenvalue weighted by Gasteiger charge is -2.20. The zero-order valence-corrected chi connectivity index (χ0v) is 57.4. The van der Waals surface area contributed by atoms with Crippen LogP contribution < -0.4 is 5.32 Å². The lowest BCUT2D eigenvalue weighted by molar-refractivity contribution is -0.143. The predicted molar refractivity (Wildman–Crippen MR) is 375 cm³/mol. The molecule has 0 aromatic rings. The van der Waals surface area contributed by atoms with Gasteiger partial charge in [0.2, 0.25) is 5.91 Å². The quantitative estimate of drug-likeness (QED) is 0.0320. The van der Waals surface area contributed by atoms with E-state index < -0.39 is 12.1 Å². The molecule has 0 rings (SSSR count). The number of carbonyl (C=O) groups is 2. The predicted octanol–water partition coefficient (Wildman–Crippen LogP) is 25.2. The molecule has 0 saturated carbocycles. The van der Waals surface area contributed by atoms with E-state index in [4.69, 9.17) is 4.74 Å². The van der Waals surface area contributed by atoms with Crippen molar-refractivity contribution in [3.05, 3.63) is 48.6 Å². The number of esters is 1. The van der Waals surface area contributed by atoms with Crippen LogP contribution in [0.3, 0.4) is 0 Å². The molecular formula is C79H149NO5. The number of hydrogen-bond donors (Lipinski definition) is 3. The number of aliphatic hydroxyl groups excluding tert-OH is 2. The van der Waals surface area contributed by atoms with Gasteiger partial charge in [0.25, 0.3) is 0 Å². The van der Waals surface area contributed by atoms with E-state index in [1.54, 1.807) is 6.08 Å². The number of hydrogen-bond acceptors (Lipinski definition) is 5. The Hall–Kier alpha value is -2.18. The second-order valence-corrected chi connectivity index (χ2v) is 26.3. The molecular weight excluding hydrogens is 1040 g/mol. The summed E-state index contributed by atoms with van der Waals surface area (Å²) in [7, 11) is 0. The van der Waals surface area contributed by atoms with Crippen LogP contribution in [0.5, 0.6) is 0 Å². The third-order valence-corrected chi connectivity index (χ3v) is 17.8. The first-order chi connectivity index (χ1) is 42.0. The molecule has 0 heterocycles. The zero-order valence-electron chi connectivity index (χ0n) is 57.4. The smallest absolute Gasteiger partial charge is 0.305 e. The molecule has 0 aliphatic carbocycles. The van der Waals surface area contributed by atoms with Crippen molar-refractivity contribution in [3.63, 3.8) is 0 Å². The number of ether oxygens (including phenoxy) is 1. The summed E-state index contributed by atoms with van der Waals surface area (Å²) in [5.41, 5.74) is 0. The highest BCUT2D eigenvalue weighted by atomic mass is 16.5. The van der Waals surface area contributed by atoms with Crippen LogP contribution in [0.25, 0.3) is 0 Å². The molecule has 0 fully saturated rings. The standard InChI is InChI=1S/C79H149NO5/c1-3-5-7-9-11-13-15-17-19-20-21-22-23-31-34-37-40-44-47-51-55-59-63-67-71-77(82)76(75-81)80-78(83)72-68-64-60-56-52-48-45-41-38-35-32-29-27-25-24-26-28-30-33-36-39-42-46-50-54-58-62-66-70-74-85-79(84)73-69-65-61-57-53-49-43-18-16-14-12-10-8-6-4-2/h18,24,26,30,33,43,67,71,76-77,81-82H,3-17,19-23,25,27-29,31-32,34-42,44-66,68-70,72-75H2,1-2H3,(H,80,83)/b26-24-,33-30-,43-18-,71-67+. The van der Waals surface area contributed by atoms with E-state index in [0.29, 0.717) is 19.4 Å². The molecule has 0 aromatic carbocycles. The molecule has 3 N–H and O–H groups in total. The topological polar surface area (TPSA) is 95.9 Å². The number of aliphatic hydroxyl groups is 2. The Morgan fingerprint density at radius 3 is 0.906 bits per heavy atom. The van der Waals surface area contributed by atoms with Gasteiger partial charge in [0.15, 0.2) is 0 Å². The molecule has 0 aliphatic heterocycles. The van der Waals surface area contributed by atoms with Gasteiger partial charge >= 0.3 is 5.97 Å². The summed E-state index contributed by atoms with van der Waals surface area (Å²) in [5, 5.41) is 23.3. The van der Waals surface area contributed by atoms with E-state index in [2.05, 4.69) is 55.6 Å². The number of nitrogens with one attached hydrogen (secondary N) is 1. The van der Waals surface area contributed by atoms with Crippen molar-refractivity contribution in [2.45, 2.75) is 431 Å². The first kappa shape index (κ1) is 82.8. The van der Waals surface area contributed by atoms with Gasteiger partial charge in [0.05, 0.1) is 25.4 Å². The van der Waals surface area contributed by atoms with Crippen LogP contribution in [-0.4, -0.2) is 47.4 Å². The molecule has 0 radical (unpaired) electrons. The summed E-state index contributed by atoms with van der Waals surface area (Å²) in [4.78, 5) is 24.6. The third-order valence-electron chi connectivity index (χ3n) is 17.8. The van der Waals surface area contributed by atoms with Crippen LogP contribution in [0.4, 0.5) is 0 Å². The highest BCUT2D eigenvalue weighted by Crippen LogP contribution is 2.19. The van der Waals surface area contributed by atoms with Gasteiger partial charge in [0, 0.05) is 12.8 Å². The number of unbranched alkanes of at least 4 members (excludes halogenated alkanes) is 55. The first-order valence-electron chi connectivity index (χ1n) is 38.4. The minimum atomic E-state index is -0.848. The monoisotopic (exact) mass is 1190 g/mol. The van der Waals surface area contributed by atoms with Crippen LogP contribution in [-0.2, 0) is 14.3 Å². The second kappa shape index (κ2) is 74.3. The normalized spacial score (nSPS) is 12.8. The maximum Gasteiger partial charge on any atom is 0.305 e. The Balaban J connectivity index is 3.43. The minimum absolute atomic E-state index is 0.00417. The van der Waals surface area contributed by atoms with Gasteiger partial charge in [-0.25, -0.2) is 0 Å². The first-order valence-corrected chi connectivity index (χ1v) is 38.4. The summed E-state index contributed by atoms with van der Waals surface area (Å²) in [5.74, 6) is -0.0607. The van der Waals surface area contributed by atoms with Gasteiger partial charge < -0.3 is 20.3 Å². The number of rotatable bonds is 72. The van der Waals surface area contributed by atoms with Crippen LogP contribution in [0, 0.1) is 0 Å². The van der Waals surface area contributed by atoms with E-state index in [1.165, 1.54) is 340 Å². The molecule has 2 unspecified atom stereocenters. The fourth-order valence-electron chi connectivity index (χ4n) is 12.0. The second-order valence-electron chi connectivity index (χ2n) is 26.3. The van der Waals surface area contributed by atoms with Gasteiger partial charge in [-0.2, -0.15) is 0 Å². The van der Waals surface area contributed by atoms with Gasteiger partial charge in [-0.3, -0.25) is 9.59 Å². The summed E-state index contributed by atoms with van der Waals surface area (Å²) in [6, 6.07) is -0.631. The Morgan fingerprint density at radius 1 is 0.329 bits per heavy atom. The number of amides is 1. The van der Waals surface area contributed by atoms with Crippen molar-refractivity contribution >= 4 is 11.9 Å². The van der Waals surface area contributed by atoms with Crippen molar-refractivity contribution in [1.29, 1.82) is 0 Å². The summed E-state index contributed by atoms with van der Waals surface area (Å²) < 4.78 is 5.49. The van der Waals surface area contributed by atoms with E-state index in [0.717, 1.165) is 51.4 Å². The van der Waals surface area contributed by atoms with E-state index in [1.807, 2.05) is 6.08 Å². The third kappa shape index (κ3) is 70.8. The molecule has 2 atom stereocenters. The largest absolute Gasteiger partial charge is 0.466 e. The molecule has 6 nitrogen and oxygen atoms in total. The maximum atomic E-state index is 12.5. The molecule has 1 amide bonds. The molecule has 0 spiro atoms. The number of carbonyl (C=O) groups excluding carboxylic acids is 2. The lowest BCUT2D eigenvalue weighted by atomic mass is 10.0. The highest BCUT2D eigenvalue weighted by Gasteiger charge is 2.18. The van der Waals surface area contributed by atoms with Crippen molar-refractivity contribution < 1.29 is 24.5 Å². The molecule has 0 aliphatic rings. The van der Waals surface area contributed by atoms with Crippen molar-refractivity contribution in [3.8, 4) is 0 Å². The van der Waals surface area contributed by atoms with Crippen LogP contribution in [0.1, 0.15) is 418 Å². The highest BCUT2D eigenvalue weighted by molar-refractivity contribution is 5.76. The average molecular weight is 1190 g/mol. The number of allylic oxidation sites excluding steroid dienone is 7. The Labute approximate surface area is 531 Å². The molecule has 6 heteroatoms. The molecule has 0 aromatic heterocycles. The van der Waals surface area contributed by atoms with E-state index in [9.17, 15) is 19.8 Å².